The fourth-order valence-electron chi connectivity index (χ4n) is 2.20. The lowest BCUT2D eigenvalue weighted by Gasteiger charge is -2.32. The predicted molar refractivity (Wildman–Crippen MR) is 76.4 cm³/mol. The van der Waals surface area contributed by atoms with Crippen molar-refractivity contribution in [2.75, 3.05) is 0 Å². The largest absolute Gasteiger partial charge is 0.495 e. The van der Waals surface area contributed by atoms with Gasteiger partial charge in [0.05, 0.1) is 11.2 Å². The SMILES string of the molecule is Cc1ccc(B2OC(C)(C)C(C)(C)O2)c(C)c1C. The van der Waals surface area contributed by atoms with Gasteiger partial charge in [0.2, 0.25) is 0 Å². The van der Waals surface area contributed by atoms with E-state index in [1.807, 2.05) is 0 Å². The van der Waals surface area contributed by atoms with Crippen LogP contribution < -0.4 is 5.46 Å². The first-order valence-electron chi connectivity index (χ1n) is 6.58. The Kier molecular flexibility index (Phi) is 3.11. The molecule has 0 bridgehead atoms. The van der Waals surface area contributed by atoms with Crippen molar-refractivity contribution >= 4 is 12.6 Å². The summed E-state index contributed by atoms with van der Waals surface area (Å²) in [6.07, 6.45) is 0. The van der Waals surface area contributed by atoms with Crippen LogP contribution in [0.5, 0.6) is 0 Å². The summed E-state index contributed by atoms with van der Waals surface area (Å²) >= 11 is 0. The average molecular weight is 246 g/mol. The third-order valence-electron chi connectivity index (χ3n) is 4.61. The average Bonchev–Trinajstić information content (AvgIpc) is 2.45. The molecule has 3 heteroatoms. The molecule has 98 valence electrons. The van der Waals surface area contributed by atoms with Gasteiger partial charge >= 0.3 is 7.12 Å². The Hall–Kier alpha value is -0.795. The topological polar surface area (TPSA) is 18.5 Å². The molecular weight excluding hydrogens is 223 g/mol. The summed E-state index contributed by atoms with van der Waals surface area (Å²) in [6.45, 7) is 14.8. The van der Waals surface area contributed by atoms with E-state index in [2.05, 4.69) is 60.6 Å². The lowest BCUT2D eigenvalue weighted by Crippen LogP contribution is -2.41. The minimum absolute atomic E-state index is 0.255. The first kappa shape index (κ1) is 13.6. The van der Waals surface area contributed by atoms with E-state index in [1.165, 1.54) is 16.7 Å². The molecule has 1 fully saturated rings. The molecule has 0 aliphatic carbocycles. The second-order valence-electron chi connectivity index (χ2n) is 6.31. The van der Waals surface area contributed by atoms with Gasteiger partial charge in [-0.05, 0) is 70.6 Å². The van der Waals surface area contributed by atoms with Crippen LogP contribution in [0.2, 0.25) is 0 Å². The highest BCUT2D eigenvalue weighted by atomic mass is 16.7. The van der Waals surface area contributed by atoms with Gasteiger partial charge in [-0.3, -0.25) is 0 Å². The number of benzene rings is 1. The molecule has 1 aromatic carbocycles. The molecule has 1 aromatic rings. The second-order valence-corrected chi connectivity index (χ2v) is 6.31. The van der Waals surface area contributed by atoms with Crippen molar-refractivity contribution in [2.24, 2.45) is 0 Å². The second kappa shape index (κ2) is 4.11. The maximum atomic E-state index is 6.10. The molecular formula is C15H23BO2. The van der Waals surface area contributed by atoms with E-state index < -0.39 is 0 Å². The Bertz CT molecular complexity index is 462. The van der Waals surface area contributed by atoms with E-state index in [9.17, 15) is 0 Å². The van der Waals surface area contributed by atoms with Crippen LogP contribution in [0, 0.1) is 20.8 Å². The van der Waals surface area contributed by atoms with Gasteiger partial charge in [-0.2, -0.15) is 0 Å². The molecule has 0 aromatic heterocycles. The maximum absolute atomic E-state index is 6.10. The molecule has 0 unspecified atom stereocenters. The highest BCUT2D eigenvalue weighted by molar-refractivity contribution is 6.62. The Morgan fingerprint density at radius 1 is 0.833 bits per heavy atom. The number of hydrogen-bond donors (Lipinski definition) is 0. The molecule has 0 spiro atoms. The van der Waals surface area contributed by atoms with E-state index in [-0.39, 0.29) is 18.3 Å². The van der Waals surface area contributed by atoms with Gasteiger partial charge in [0.1, 0.15) is 0 Å². The zero-order valence-electron chi connectivity index (χ0n) is 12.5. The molecule has 1 heterocycles. The molecule has 1 aliphatic rings. The number of hydrogen-bond acceptors (Lipinski definition) is 2. The zero-order chi connectivity index (χ0) is 13.7. The van der Waals surface area contributed by atoms with Crippen LogP contribution in [-0.4, -0.2) is 18.3 Å². The smallest absolute Gasteiger partial charge is 0.399 e. The van der Waals surface area contributed by atoms with Crippen molar-refractivity contribution in [1.82, 2.24) is 0 Å². The Morgan fingerprint density at radius 2 is 1.33 bits per heavy atom. The lowest BCUT2D eigenvalue weighted by molar-refractivity contribution is 0.00578. The summed E-state index contributed by atoms with van der Waals surface area (Å²) in [5.41, 5.74) is 4.51. The van der Waals surface area contributed by atoms with Crippen molar-refractivity contribution < 1.29 is 9.31 Å². The van der Waals surface area contributed by atoms with E-state index in [0.29, 0.717) is 0 Å². The summed E-state index contributed by atoms with van der Waals surface area (Å²) in [6, 6.07) is 4.27. The van der Waals surface area contributed by atoms with Crippen molar-refractivity contribution in [2.45, 2.75) is 59.7 Å². The minimum Gasteiger partial charge on any atom is -0.399 e. The molecule has 1 aliphatic heterocycles. The quantitative estimate of drug-likeness (QED) is 0.709. The molecule has 18 heavy (non-hydrogen) atoms. The number of rotatable bonds is 1. The molecule has 0 amide bonds. The van der Waals surface area contributed by atoms with E-state index in [1.54, 1.807) is 0 Å². The normalized spacial score (nSPS) is 21.4. The maximum Gasteiger partial charge on any atom is 0.495 e. The van der Waals surface area contributed by atoms with Gasteiger partial charge in [-0.1, -0.05) is 12.1 Å². The molecule has 0 radical (unpaired) electrons. The minimum atomic E-state index is -0.275. The van der Waals surface area contributed by atoms with Crippen molar-refractivity contribution in [1.29, 1.82) is 0 Å². The summed E-state index contributed by atoms with van der Waals surface area (Å²) in [4.78, 5) is 0. The number of aryl methyl sites for hydroxylation is 1. The lowest BCUT2D eigenvalue weighted by atomic mass is 9.74. The molecule has 1 saturated heterocycles. The summed E-state index contributed by atoms with van der Waals surface area (Å²) < 4.78 is 12.2. The van der Waals surface area contributed by atoms with Gasteiger partial charge in [0.15, 0.2) is 0 Å². The van der Waals surface area contributed by atoms with Gasteiger partial charge in [0.25, 0.3) is 0 Å². The van der Waals surface area contributed by atoms with Gasteiger partial charge < -0.3 is 9.31 Å². The van der Waals surface area contributed by atoms with Crippen LogP contribution in [0.1, 0.15) is 44.4 Å². The monoisotopic (exact) mass is 246 g/mol. The molecule has 0 N–H and O–H groups in total. The van der Waals surface area contributed by atoms with Gasteiger partial charge in [-0.25, -0.2) is 0 Å². The fraction of sp³-hybridized carbons (Fsp3) is 0.600. The third-order valence-corrected chi connectivity index (χ3v) is 4.61. The van der Waals surface area contributed by atoms with Crippen LogP contribution in [0.15, 0.2) is 12.1 Å². The molecule has 0 saturated carbocycles. The summed E-state index contributed by atoms with van der Waals surface area (Å²) in [7, 11) is -0.255. The Balaban J connectivity index is 2.39. The summed E-state index contributed by atoms with van der Waals surface area (Å²) in [5, 5.41) is 0. The third kappa shape index (κ3) is 2.00. The van der Waals surface area contributed by atoms with E-state index in [0.717, 1.165) is 5.46 Å². The van der Waals surface area contributed by atoms with Crippen molar-refractivity contribution in [3.05, 3.63) is 28.8 Å². The highest BCUT2D eigenvalue weighted by Gasteiger charge is 2.52. The fourth-order valence-corrected chi connectivity index (χ4v) is 2.20. The first-order chi connectivity index (χ1) is 8.16. The van der Waals surface area contributed by atoms with E-state index in [4.69, 9.17) is 9.31 Å². The van der Waals surface area contributed by atoms with Crippen LogP contribution >= 0.6 is 0 Å². The van der Waals surface area contributed by atoms with E-state index >= 15 is 0 Å². The van der Waals surface area contributed by atoms with Gasteiger partial charge in [-0.15, -0.1) is 0 Å². The van der Waals surface area contributed by atoms with Crippen molar-refractivity contribution in [3.63, 3.8) is 0 Å². The Labute approximate surface area is 111 Å². The first-order valence-corrected chi connectivity index (χ1v) is 6.58. The van der Waals surface area contributed by atoms with Crippen LogP contribution in [0.25, 0.3) is 0 Å². The summed E-state index contributed by atoms with van der Waals surface area (Å²) in [5.74, 6) is 0. The van der Waals surface area contributed by atoms with Crippen LogP contribution in [-0.2, 0) is 9.31 Å². The predicted octanol–water partition coefficient (Wildman–Crippen LogP) is 2.91. The van der Waals surface area contributed by atoms with Crippen LogP contribution in [0.3, 0.4) is 0 Å². The van der Waals surface area contributed by atoms with Crippen molar-refractivity contribution in [3.8, 4) is 0 Å². The molecule has 0 atom stereocenters. The standard InChI is InChI=1S/C15H23BO2/c1-10-8-9-13(12(3)11(10)2)16-17-14(4,5)15(6,7)18-16/h8-9H,1-7H3. The van der Waals surface area contributed by atoms with Gasteiger partial charge in [0, 0.05) is 0 Å². The van der Waals surface area contributed by atoms with Crippen LogP contribution in [0.4, 0.5) is 0 Å². The zero-order valence-corrected chi connectivity index (χ0v) is 12.5. The highest BCUT2D eigenvalue weighted by Crippen LogP contribution is 2.36. The molecule has 2 rings (SSSR count). The Morgan fingerprint density at radius 3 is 1.83 bits per heavy atom. The molecule has 2 nitrogen and oxygen atoms in total.